The second-order valence-electron chi connectivity index (χ2n) is 5.44. The Bertz CT molecular complexity index is 459. The predicted molar refractivity (Wildman–Crippen MR) is 74.6 cm³/mol. The molecule has 1 heterocycles. The summed E-state index contributed by atoms with van der Waals surface area (Å²) in [6.07, 6.45) is 6.65. The van der Waals surface area contributed by atoms with Crippen molar-refractivity contribution in [2.75, 3.05) is 11.9 Å². The van der Waals surface area contributed by atoms with E-state index >= 15 is 0 Å². The number of aliphatic hydroxyl groups is 1. The second-order valence-corrected chi connectivity index (χ2v) is 5.44. The maximum absolute atomic E-state index is 10.5. The van der Waals surface area contributed by atoms with Gasteiger partial charge < -0.3 is 10.4 Å². The number of pyridine rings is 1. The zero-order valence-corrected chi connectivity index (χ0v) is 11.4. The molecule has 1 aliphatic rings. The molecule has 0 aliphatic heterocycles. The van der Waals surface area contributed by atoms with Crippen LogP contribution in [0, 0.1) is 17.2 Å². The average molecular weight is 259 g/mol. The molecule has 1 aromatic heterocycles. The van der Waals surface area contributed by atoms with E-state index in [1.165, 1.54) is 6.42 Å². The largest absolute Gasteiger partial charge is 0.388 e. The average Bonchev–Trinajstić information content (AvgIpc) is 2.46. The number of nitriles is 1. The van der Waals surface area contributed by atoms with E-state index in [1.54, 1.807) is 12.3 Å². The summed E-state index contributed by atoms with van der Waals surface area (Å²) in [5.41, 5.74) is 0.443. The highest BCUT2D eigenvalue weighted by atomic mass is 16.3. The van der Waals surface area contributed by atoms with Gasteiger partial charge in [-0.05, 0) is 43.7 Å². The monoisotopic (exact) mass is 259 g/mol. The molecule has 2 rings (SSSR count). The van der Waals surface area contributed by atoms with Crippen LogP contribution in [-0.4, -0.2) is 22.2 Å². The lowest BCUT2D eigenvalue weighted by Crippen LogP contribution is -2.40. The molecule has 4 nitrogen and oxygen atoms in total. The lowest BCUT2D eigenvalue weighted by molar-refractivity contribution is 0.00229. The van der Waals surface area contributed by atoms with Crippen LogP contribution >= 0.6 is 0 Å². The number of anilines is 1. The first-order valence-corrected chi connectivity index (χ1v) is 6.98. The summed E-state index contributed by atoms with van der Waals surface area (Å²) >= 11 is 0. The van der Waals surface area contributed by atoms with Gasteiger partial charge in [-0.3, -0.25) is 0 Å². The maximum Gasteiger partial charge on any atom is 0.163 e. The SMILES string of the molecule is CCC1CCC(O)(CNc2cccnc2C#N)CC1. The lowest BCUT2D eigenvalue weighted by atomic mass is 9.78. The van der Waals surface area contributed by atoms with Crippen LogP contribution in [0.5, 0.6) is 0 Å². The topological polar surface area (TPSA) is 68.9 Å². The van der Waals surface area contributed by atoms with E-state index in [0.29, 0.717) is 17.9 Å². The smallest absolute Gasteiger partial charge is 0.163 e. The highest BCUT2D eigenvalue weighted by Crippen LogP contribution is 2.33. The number of rotatable bonds is 4. The van der Waals surface area contributed by atoms with Crippen LogP contribution in [0.25, 0.3) is 0 Å². The minimum atomic E-state index is -0.645. The van der Waals surface area contributed by atoms with Crippen molar-refractivity contribution < 1.29 is 5.11 Å². The number of aromatic nitrogens is 1. The number of hydrogen-bond acceptors (Lipinski definition) is 4. The quantitative estimate of drug-likeness (QED) is 0.872. The van der Waals surface area contributed by atoms with Crippen molar-refractivity contribution in [3.63, 3.8) is 0 Å². The molecule has 1 saturated carbocycles. The molecule has 0 spiro atoms. The Kier molecular flexibility index (Phi) is 4.39. The van der Waals surface area contributed by atoms with Gasteiger partial charge in [-0.25, -0.2) is 4.98 Å². The molecule has 0 aromatic carbocycles. The van der Waals surface area contributed by atoms with Crippen molar-refractivity contribution in [1.82, 2.24) is 4.98 Å². The summed E-state index contributed by atoms with van der Waals surface area (Å²) in [6, 6.07) is 5.68. The van der Waals surface area contributed by atoms with Gasteiger partial charge in [-0.15, -0.1) is 0 Å². The highest BCUT2D eigenvalue weighted by Gasteiger charge is 2.32. The van der Waals surface area contributed by atoms with E-state index in [4.69, 9.17) is 5.26 Å². The van der Waals surface area contributed by atoms with Gasteiger partial charge in [0.25, 0.3) is 0 Å². The normalized spacial score (nSPS) is 26.7. The molecule has 0 unspecified atom stereocenters. The van der Waals surface area contributed by atoms with E-state index < -0.39 is 5.60 Å². The fourth-order valence-electron chi connectivity index (χ4n) is 2.70. The Hall–Kier alpha value is -1.60. The number of nitrogens with one attached hydrogen (secondary N) is 1. The molecule has 0 amide bonds. The van der Waals surface area contributed by atoms with E-state index in [0.717, 1.165) is 31.6 Å². The Morgan fingerprint density at radius 3 is 2.89 bits per heavy atom. The van der Waals surface area contributed by atoms with Crippen LogP contribution in [0.15, 0.2) is 18.3 Å². The van der Waals surface area contributed by atoms with Gasteiger partial charge in [0.05, 0.1) is 11.3 Å². The molecule has 0 atom stereocenters. The highest BCUT2D eigenvalue weighted by molar-refractivity contribution is 5.53. The molecular weight excluding hydrogens is 238 g/mol. The van der Waals surface area contributed by atoms with Crippen LogP contribution in [0.3, 0.4) is 0 Å². The molecular formula is C15H21N3O. The van der Waals surface area contributed by atoms with Crippen molar-refractivity contribution in [1.29, 1.82) is 5.26 Å². The predicted octanol–water partition coefficient (Wildman–Crippen LogP) is 2.70. The minimum Gasteiger partial charge on any atom is -0.388 e. The van der Waals surface area contributed by atoms with Crippen LogP contribution < -0.4 is 5.32 Å². The molecule has 1 aromatic rings. The summed E-state index contributed by atoms with van der Waals surface area (Å²) in [5, 5.41) is 22.7. The third-order valence-electron chi connectivity index (χ3n) is 4.13. The molecule has 19 heavy (non-hydrogen) atoms. The Labute approximate surface area is 114 Å². The fraction of sp³-hybridized carbons (Fsp3) is 0.600. The molecule has 4 heteroatoms. The van der Waals surface area contributed by atoms with Crippen LogP contribution in [0.4, 0.5) is 5.69 Å². The lowest BCUT2D eigenvalue weighted by Gasteiger charge is -2.36. The minimum absolute atomic E-state index is 0.383. The Balaban J connectivity index is 1.94. The second kappa shape index (κ2) is 6.03. The van der Waals surface area contributed by atoms with Gasteiger partial charge in [0.1, 0.15) is 6.07 Å². The molecule has 1 fully saturated rings. The number of nitrogens with zero attached hydrogens (tertiary/aromatic N) is 2. The van der Waals surface area contributed by atoms with Crippen molar-refractivity contribution >= 4 is 5.69 Å². The van der Waals surface area contributed by atoms with Crippen molar-refractivity contribution in [2.24, 2.45) is 5.92 Å². The molecule has 2 N–H and O–H groups in total. The summed E-state index contributed by atoms with van der Waals surface area (Å²) in [7, 11) is 0. The molecule has 0 saturated heterocycles. The van der Waals surface area contributed by atoms with E-state index in [1.807, 2.05) is 6.07 Å². The maximum atomic E-state index is 10.5. The van der Waals surface area contributed by atoms with Gasteiger partial charge >= 0.3 is 0 Å². The zero-order chi connectivity index (χ0) is 13.7. The third kappa shape index (κ3) is 3.45. The van der Waals surface area contributed by atoms with Gasteiger partial charge in [0.15, 0.2) is 5.69 Å². The van der Waals surface area contributed by atoms with Crippen molar-refractivity contribution in [3.8, 4) is 6.07 Å². The first kappa shape index (κ1) is 13.8. The van der Waals surface area contributed by atoms with E-state index in [2.05, 4.69) is 23.3 Å². The van der Waals surface area contributed by atoms with Crippen molar-refractivity contribution in [3.05, 3.63) is 24.0 Å². The fourth-order valence-corrected chi connectivity index (χ4v) is 2.70. The summed E-state index contributed by atoms with van der Waals surface area (Å²) < 4.78 is 0. The van der Waals surface area contributed by atoms with Crippen LogP contribution in [-0.2, 0) is 0 Å². The first-order chi connectivity index (χ1) is 9.17. The van der Waals surface area contributed by atoms with Crippen molar-refractivity contribution in [2.45, 2.75) is 44.6 Å². The summed E-state index contributed by atoms with van der Waals surface area (Å²) in [5.74, 6) is 0.758. The van der Waals surface area contributed by atoms with Crippen LogP contribution in [0.2, 0.25) is 0 Å². The van der Waals surface area contributed by atoms with E-state index in [9.17, 15) is 5.11 Å². The Morgan fingerprint density at radius 2 is 2.26 bits per heavy atom. The molecule has 1 aliphatic carbocycles. The molecule has 102 valence electrons. The van der Waals surface area contributed by atoms with Gasteiger partial charge in [0.2, 0.25) is 0 Å². The van der Waals surface area contributed by atoms with E-state index in [-0.39, 0.29) is 0 Å². The molecule has 0 radical (unpaired) electrons. The summed E-state index contributed by atoms with van der Waals surface area (Å²) in [4.78, 5) is 4.00. The van der Waals surface area contributed by atoms with Crippen LogP contribution in [0.1, 0.15) is 44.7 Å². The van der Waals surface area contributed by atoms with Gasteiger partial charge in [0, 0.05) is 12.7 Å². The number of hydrogen-bond donors (Lipinski definition) is 2. The van der Waals surface area contributed by atoms with Gasteiger partial charge in [-0.1, -0.05) is 13.3 Å². The zero-order valence-electron chi connectivity index (χ0n) is 11.4. The third-order valence-corrected chi connectivity index (χ3v) is 4.13. The molecule has 0 bridgehead atoms. The standard InChI is InChI=1S/C15H21N3O/c1-2-12-5-7-15(19,8-6-12)11-18-13-4-3-9-17-14(13)10-16/h3-4,9,12,18-19H,2,5-8,11H2,1H3. The first-order valence-electron chi connectivity index (χ1n) is 6.98. The van der Waals surface area contributed by atoms with Gasteiger partial charge in [-0.2, -0.15) is 5.26 Å². The Morgan fingerprint density at radius 1 is 1.53 bits per heavy atom. The summed E-state index contributed by atoms with van der Waals surface area (Å²) in [6.45, 7) is 2.70.